The van der Waals surface area contributed by atoms with Gasteiger partial charge in [-0.3, -0.25) is 9.59 Å². The molecule has 2 unspecified atom stereocenters. The van der Waals surface area contributed by atoms with Gasteiger partial charge in [-0.25, -0.2) is 4.39 Å². The highest BCUT2D eigenvalue weighted by atomic mass is 35.5. The molecule has 2 atom stereocenters. The molecule has 160 valence electrons. The number of nitrogens with zero attached hydrogens (tertiary/aromatic N) is 1. The maximum Gasteiger partial charge on any atom is 0.231 e. The number of nitriles is 1. The van der Waals surface area contributed by atoms with E-state index in [0.717, 1.165) is 0 Å². The van der Waals surface area contributed by atoms with Crippen molar-refractivity contribution in [2.24, 2.45) is 11.3 Å². The normalized spacial score (nSPS) is 22.3. The number of rotatable bonds is 6. The van der Waals surface area contributed by atoms with Gasteiger partial charge in [0.15, 0.2) is 5.78 Å². The van der Waals surface area contributed by atoms with Gasteiger partial charge in [-0.15, -0.1) is 23.2 Å². The number of hydrogen-bond donors (Lipinski definition) is 1. The summed E-state index contributed by atoms with van der Waals surface area (Å²) < 4.78 is 12.1. The monoisotopic (exact) mass is 498 g/mol. The van der Waals surface area contributed by atoms with Crippen molar-refractivity contribution in [2.45, 2.75) is 29.5 Å². The number of ketones is 1. The number of amides is 1. The van der Waals surface area contributed by atoms with Crippen molar-refractivity contribution in [1.29, 1.82) is 5.26 Å². The van der Waals surface area contributed by atoms with E-state index < -0.39 is 33.3 Å². The number of halogens is 5. The summed E-state index contributed by atoms with van der Waals surface area (Å²) in [5.74, 6) is -2.64. The van der Waals surface area contributed by atoms with Crippen molar-refractivity contribution in [3.05, 3.63) is 63.4 Å². The predicted molar refractivity (Wildman–Crippen MR) is 118 cm³/mol. The van der Waals surface area contributed by atoms with Crippen molar-refractivity contribution >= 4 is 63.8 Å². The van der Waals surface area contributed by atoms with Gasteiger partial charge in [0.1, 0.15) is 10.2 Å². The van der Waals surface area contributed by atoms with E-state index >= 15 is 0 Å². The molecule has 4 nitrogen and oxygen atoms in total. The van der Waals surface area contributed by atoms with Gasteiger partial charge in [-0.1, -0.05) is 29.3 Å². The lowest BCUT2D eigenvalue weighted by molar-refractivity contribution is -0.117. The number of carbonyl (C=O) groups excluding carboxylic acids is 2. The fourth-order valence-electron chi connectivity index (χ4n) is 3.69. The van der Waals surface area contributed by atoms with Crippen LogP contribution in [0.1, 0.15) is 41.1 Å². The third-order valence-electron chi connectivity index (χ3n) is 5.76. The van der Waals surface area contributed by atoms with Crippen LogP contribution in [0.2, 0.25) is 10.0 Å². The first-order valence-electron chi connectivity index (χ1n) is 9.46. The predicted octanol–water partition coefficient (Wildman–Crippen LogP) is 6.54. The Morgan fingerprint density at radius 1 is 1.13 bits per heavy atom. The Balaban J connectivity index is 1.50. The highest BCUT2D eigenvalue weighted by molar-refractivity contribution is 6.53. The van der Waals surface area contributed by atoms with Crippen LogP contribution in [0, 0.1) is 28.5 Å². The largest absolute Gasteiger partial charge is 0.326 e. The third kappa shape index (κ3) is 4.27. The van der Waals surface area contributed by atoms with Crippen LogP contribution < -0.4 is 5.32 Å². The second-order valence-electron chi connectivity index (χ2n) is 7.98. The van der Waals surface area contributed by atoms with Crippen molar-refractivity contribution in [3.8, 4) is 6.07 Å². The van der Waals surface area contributed by atoms with E-state index in [1.807, 2.05) is 0 Å². The number of benzene rings is 2. The number of Topliss-reactive ketones (excluding diaryl/α,β-unsaturated/α-hetero) is 1. The van der Waals surface area contributed by atoms with Crippen LogP contribution in [-0.2, 0) is 4.79 Å². The fourth-order valence-corrected chi connectivity index (χ4v) is 4.93. The molecule has 0 heterocycles. The average Bonchev–Trinajstić information content (AvgIpc) is 3.60. The fraction of sp³-hybridized carbons (Fsp3) is 0.318. The van der Waals surface area contributed by atoms with Gasteiger partial charge in [0.25, 0.3) is 0 Å². The molecule has 31 heavy (non-hydrogen) atoms. The number of hydrogen-bond acceptors (Lipinski definition) is 3. The van der Waals surface area contributed by atoms with E-state index in [-0.39, 0.29) is 27.8 Å². The lowest BCUT2D eigenvalue weighted by atomic mass is 9.96. The van der Waals surface area contributed by atoms with Crippen LogP contribution in [0.25, 0.3) is 0 Å². The minimum Gasteiger partial charge on any atom is -0.326 e. The number of nitrogens with one attached hydrogen (secondary N) is 1. The number of alkyl halides is 2. The SMILES string of the molecule is N#CC1(CC(=O)c2cc(NC(=O)C3C(c4ccc(F)c(Cl)c4)C3(Cl)Cl)ccc2Cl)CC1. The third-order valence-corrected chi connectivity index (χ3v) is 7.32. The summed E-state index contributed by atoms with van der Waals surface area (Å²) in [5.41, 5.74) is 0.539. The molecule has 1 N–H and O–H groups in total. The molecule has 0 aliphatic heterocycles. The molecule has 0 bridgehead atoms. The minimum absolute atomic E-state index is 0.0839. The maximum atomic E-state index is 13.5. The quantitative estimate of drug-likeness (QED) is 0.362. The van der Waals surface area contributed by atoms with Crippen molar-refractivity contribution < 1.29 is 14.0 Å². The first-order chi connectivity index (χ1) is 14.6. The van der Waals surface area contributed by atoms with Gasteiger partial charge >= 0.3 is 0 Å². The zero-order chi connectivity index (χ0) is 22.6. The first-order valence-corrected chi connectivity index (χ1v) is 11.0. The molecule has 9 heteroatoms. The molecule has 2 aromatic rings. The zero-order valence-electron chi connectivity index (χ0n) is 15.9. The summed E-state index contributed by atoms with van der Waals surface area (Å²) in [6, 6.07) is 10.8. The van der Waals surface area contributed by atoms with E-state index in [1.165, 1.54) is 30.3 Å². The Morgan fingerprint density at radius 3 is 2.45 bits per heavy atom. The van der Waals surface area contributed by atoms with Gasteiger partial charge in [0.2, 0.25) is 5.91 Å². The van der Waals surface area contributed by atoms with Crippen LogP contribution >= 0.6 is 46.4 Å². The second-order valence-corrected chi connectivity index (χ2v) is 10.2. The van der Waals surface area contributed by atoms with E-state index in [2.05, 4.69) is 11.4 Å². The molecule has 0 aromatic heterocycles. The molecule has 1 amide bonds. The Bertz CT molecular complexity index is 1140. The minimum atomic E-state index is -1.37. The van der Waals surface area contributed by atoms with Gasteiger partial charge in [0, 0.05) is 23.6 Å². The topological polar surface area (TPSA) is 70.0 Å². The van der Waals surface area contributed by atoms with Gasteiger partial charge in [-0.2, -0.15) is 5.26 Å². The van der Waals surface area contributed by atoms with Gasteiger partial charge in [-0.05, 0) is 48.7 Å². The van der Waals surface area contributed by atoms with E-state index in [1.54, 1.807) is 6.07 Å². The van der Waals surface area contributed by atoms with E-state index in [4.69, 9.17) is 46.4 Å². The van der Waals surface area contributed by atoms with Crippen LogP contribution in [0.5, 0.6) is 0 Å². The summed E-state index contributed by atoms with van der Waals surface area (Å²) in [7, 11) is 0. The van der Waals surface area contributed by atoms with Crippen molar-refractivity contribution in [2.75, 3.05) is 5.32 Å². The summed E-state index contributed by atoms with van der Waals surface area (Å²) in [6.45, 7) is 0. The zero-order valence-corrected chi connectivity index (χ0v) is 18.9. The molecule has 0 saturated heterocycles. The van der Waals surface area contributed by atoms with E-state index in [0.29, 0.717) is 24.1 Å². The molecular weight excluding hydrogens is 485 g/mol. The molecule has 2 aliphatic carbocycles. The van der Waals surface area contributed by atoms with Gasteiger partial charge in [0.05, 0.1) is 27.4 Å². The molecule has 4 rings (SSSR count). The smallest absolute Gasteiger partial charge is 0.231 e. The molecule has 2 saturated carbocycles. The van der Waals surface area contributed by atoms with Crippen LogP contribution in [0.15, 0.2) is 36.4 Å². The summed E-state index contributed by atoms with van der Waals surface area (Å²) >= 11 is 24.7. The Hall–Kier alpha value is -1.84. The van der Waals surface area contributed by atoms with Gasteiger partial charge < -0.3 is 5.32 Å². The summed E-state index contributed by atoms with van der Waals surface area (Å²) in [5, 5.41) is 12.1. The van der Waals surface area contributed by atoms with Crippen LogP contribution in [0.3, 0.4) is 0 Å². The molecular formula is C22H15Cl4FN2O2. The Labute approximate surface area is 198 Å². The first kappa shape index (κ1) is 22.4. The standard InChI is InChI=1S/C22H15Cl4FN2O2/c23-14-3-2-12(8-13(14)17(30)9-21(10-28)5-6-21)29-20(31)19-18(22(19,25)26)11-1-4-16(27)15(24)7-11/h1-4,7-8,18-19H,5-6,9H2,(H,29,31). The molecule has 2 aliphatic rings. The lowest BCUT2D eigenvalue weighted by Gasteiger charge is -2.10. The Morgan fingerprint density at radius 2 is 1.84 bits per heavy atom. The molecule has 0 radical (unpaired) electrons. The van der Waals surface area contributed by atoms with Crippen molar-refractivity contribution in [3.63, 3.8) is 0 Å². The average molecular weight is 500 g/mol. The second kappa shape index (κ2) is 7.94. The summed E-state index contributed by atoms with van der Waals surface area (Å²) in [4.78, 5) is 25.5. The molecule has 2 aromatic carbocycles. The highest BCUT2D eigenvalue weighted by Gasteiger charge is 2.67. The molecule has 0 spiro atoms. The number of anilines is 1. The van der Waals surface area contributed by atoms with Crippen molar-refractivity contribution in [1.82, 2.24) is 0 Å². The summed E-state index contributed by atoms with van der Waals surface area (Å²) in [6.07, 6.45) is 1.46. The Kier molecular flexibility index (Phi) is 5.72. The lowest BCUT2D eigenvalue weighted by Crippen LogP contribution is -2.17. The van der Waals surface area contributed by atoms with Crippen LogP contribution in [-0.4, -0.2) is 16.0 Å². The van der Waals surface area contributed by atoms with E-state index in [9.17, 15) is 19.2 Å². The number of carbonyl (C=O) groups is 2. The maximum absolute atomic E-state index is 13.5. The van der Waals surface area contributed by atoms with Crippen LogP contribution in [0.4, 0.5) is 10.1 Å². The molecule has 2 fully saturated rings. The highest BCUT2D eigenvalue weighted by Crippen LogP contribution is 2.65.